The number of anilines is 1. The number of carboxylic acids is 1. The van der Waals surface area contributed by atoms with E-state index in [0.29, 0.717) is 0 Å². The van der Waals surface area contributed by atoms with Crippen LogP contribution in [0.1, 0.15) is 51.7 Å². The van der Waals surface area contributed by atoms with Crippen LogP contribution in [0.2, 0.25) is 0 Å². The molecule has 0 atom stereocenters. The maximum absolute atomic E-state index is 12.5. The van der Waals surface area contributed by atoms with Gasteiger partial charge in [-0.15, -0.1) is 0 Å². The number of rotatable bonds is 4. The Bertz CT molecular complexity index is 732. The minimum Gasteiger partial charge on any atom is -0.478 e. The first-order valence-electron chi connectivity index (χ1n) is 6.99. The molecule has 0 radical (unpaired) electrons. The number of nitrogens with one attached hydrogen (secondary N) is 1. The standard InChI is InChI=1S/C16H19N3O3/c1-9(2)11-7-5-6-10(3)13(11)18-15(20)14-12(16(21)22)8-17-19(14)4/h5-9H,1-4H3,(H,18,20)(H,21,22). The number of hydrogen-bond donors (Lipinski definition) is 2. The third kappa shape index (κ3) is 2.86. The fraction of sp³-hybridized carbons (Fsp3) is 0.312. The minimum atomic E-state index is -1.17. The van der Waals surface area contributed by atoms with E-state index in [2.05, 4.69) is 10.4 Å². The van der Waals surface area contributed by atoms with Crippen molar-refractivity contribution in [3.8, 4) is 0 Å². The second-order valence-electron chi connectivity index (χ2n) is 5.48. The molecule has 1 amide bonds. The molecule has 0 bridgehead atoms. The summed E-state index contributed by atoms with van der Waals surface area (Å²) in [4.78, 5) is 23.7. The Morgan fingerprint density at radius 2 is 2.00 bits per heavy atom. The quantitative estimate of drug-likeness (QED) is 0.909. The molecule has 22 heavy (non-hydrogen) atoms. The van der Waals surface area contributed by atoms with E-state index in [4.69, 9.17) is 5.11 Å². The van der Waals surface area contributed by atoms with E-state index >= 15 is 0 Å². The third-order valence-corrected chi connectivity index (χ3v) is 3.55. The number of aryl methyl sites for hydroxylation is 2. The van der Waals surface area contributed by atoms with Crippen molar-refractivity contribution in [1.29, 1.82) is 0 Å². The van der Waals surface area contributed by atoms with Crippen molar-refractivity contribution in [1.82, 2.24) is 9.78 Å². The summed E-state index contributed by atoms with van der Waals surface area (Å²) < 4.78 is 1.27. The minimum absolute atomic E-state index is 0.0328. The molecule has 0 aliphatic rings. The van der Waals surface area contributed by atoms with Crippen LogP contribution in [-0.2, 0) is 7.05 Å². The molecule has 0 spiro atoms. The Balaban J connectivity index is 2.43. The largest absolute Gasteiger partial charge is 0.478 e. The van der Waals surface area contributed by atoms with Crippen LogP contribution in [0.3, 0.4) is 0 Å². The number of aromatic carboxylic acids is 1. The molecule has 2 N–H and O–H groups in total. The summed E-state index contributed by atoms with van der Waals surface area (Å²) >= 11 is 0. The zero-order valence-corrected chi connectivity index (χ0v) is 13.0. The molecule has 2 rings (SSSR count). The van der Waals surface area contributed by atoms with Crippen molar-refractivity contribution in [2.75, 3.05) is 5.32 Å². The van der Waals surface area contributed by atoms with Gasteiger partial charge in [0.05, 0.1) is 6.20 Å². The van der Waals surface area contributed by atoms with Crippen molar-refractivity contribution in [3.05, 3.63) is 46.8 Å². The van der Waals surface area contributed by atoms with Crippen LogP contribution in [0.25, 0.3) is 0 Å². The fourth-order valence-electron chi connectivity index (χ4n) is 2.38. The molecule has 1 aromatic heterocycles. The zero-order valence-electron chi connectivity index (χ0n) is 13.0. The summed E-state index contributed by atoms with van der Waals surface area (Å²) in [6.45, 7) is 5.98. The number of hydrogen-bond acceptors (Lipinski definition) is 3. The molecule has 0 aliphatic carbocycles. The SMILES string of the molecule is Cc1cccc(C(C)C)c1NC(=O)c1c(C(=O)O)cnn1C. The first kappa shape index (κ1) is 15.8. The average Bonchev–Trinajstić information content (AvgIpc) is 2.82. The van der Waals surface area contributed by atoms with E-state index in [-0.39, 0.29) is 17.2 Å². The van der Waals surface area contributed by atoms with Gasteiger partial charge in [0.2, 0.25) is 0 Å². The monoisotopic (exact) mass is 301 g/mol. The number of carbonyl (C=O) groups excluding carboxylic acids is 1. The first-order chi connectivity index (χ1) is 10.3. The van der Waals surface area contributed by atoms with Gasteiger partial charge in [-0.2, -0.15) is 5.10 Å². The fourth-order valence-corrected chi connectivity index (χ4v) is 2.38. The molecular formula is C16H19N3O3. The Kier molecular flexibility index (Phi) is 4.30. The van der Waals surface area contributed by atoms with Gasteiger partial charge < -0.3 is 10.4 Å². The first-order valence-corrected chi connectivity index (χ1v) is 6.99. The van der Waals surface area contributed by atoms with Crippen LogP contribution in [0.4, 0.5) is 5.69 Å². The number of nitrogens with zero attached hydrogens (tertiary/aromatic N) is 2. The summed E-state index contributed by atoms with van der Waals surface area (Å²) in [5, 5.41) is 15.8. The second kappa shape index (κ2) is 6.01. The van der Waals surface area contributed by atoms with Gasteiger partial charge in [0.1, 0.15) is 11.3 Å². The second-order valence-corrected chi connectivity index (χ2v) is 5.48. The number of aromatic nitrogens is 2. The summed E-state index contributed by atoms with van der Waals surface area (Å²) in [5.41, 5.74) is 2.58. The molecule has 2 aromatic rings. The maximum Gasteiger partial charge on any atom is 0.339 e. The molecule has 1 aromatic carbocycles. The lowest BCUT2D eigenvalue weighted by molar-refractivity contribution is 0.0692. The predicted octanol–water partition coefficient (Wildman–Crippen LogP) is 2.80. The van der Waals surface area contributed by atoms with Crippen molar-refractivity contribution in [2.45, 2.75) is 26.7 Å². The summed E-state index contributed by atoms with van der Waals surface area (Å²) in [5.74, 6) is -1.42. The molecule has 0 fully saturated rings. The highest BCUT2D eigenvalue weighted by atomic mass is 16.4. The van der Waals surface area contributed by atoms with E-state index in [1.165, 1.54) is 10.9 Å². The van der Waals surface area contributed by atoms with Crippen molar-refractivity contribution in [3.63, 3.8) is 0 Å². The smallest absolute Gasteiger partial charge is 0.339 e. The molecule has 6 heteroatoms. The molecule has 116 valence electrons. The highest BCUT2D eigenvalue weighted by Gasteiger charge is 2.23. The number of para-hydroxylation sites is 1. The summed E-state index contributed by atoms with van der Waals surface area (Å²) in [6, 6.07) is 5.80. The van der Waals surface area contributed by atoms with Crippen molar-refractivity contribution < 1.29 is 14.7 Å². The lowest BCUT2D eigenvalue weighted by Crippen LogP contribution is -2.20. The summed E-state index contributed by atoms with van der Waals surface area (Å²) in [7, 11) is 1.54. The van der Waals surface area contributed by atoms with Gasteiger partial charge in [-0.1, -0.05) is 32.0 Å². The molecule has 6 nitrogen and oxygen atoms in total. The van der Waals surface area contributed by atoms with Gasteiger partial charge in [0, 0.05) is 12.7 Å². The Labute approximate surface area is 128 Å². The van der Waals surface area contributed by atoms with Crippen molar-refractivity contribution in [2.24, 2.45) is 7.05 Å². The van der Waals surface area contributed by atoms with E-state index < -0.39 is 11.9 Å². The highest BCUT2D eigenvalue weighted by Crippen LogP contribution is 2.28. The molecule has 0 unspecified atom stereocenters. The van der Waals surface area contributed by atoms with Gasteiger partial charge in [0.25, 0.3) is 5.91 Å². The normalized spacial score (nSPS) is 10.8. The van der Waals surface area contributed by atoms with Crippen LogP contribution in [-0.4, -0.2) is 26.8 Å². The molecule has 0 saturated heterocycles. The van der Waals surface area contributed by atoms with Gasteiger partial charge in [0.15, 0.2) is 0 Å². The van der Waals surface area contributed by atoms with Crippen LogP contribution in [0.5, 0.6) is 0 Å². The lowest BCUT2D eigenvalue weighted by atomic mass is 9.98. The number of benzene rings is 1. The average molecular weight is 301 g/mol. The van der Waals surface area contributed by atoms with Crippen LogP contribution >= 0.6 is 0 Å². The van der Waals surface area contributed by atoms with Crippen molar-refractivity contribution >= 4 is 17.6 Å². The molecular weight excluding hydrogens is 282 g/mol. The summed E-state index contributed by atoms with van der Waals surface area (Å²) in [6.07, 6.45) is 1.18. The topological polar surface area (TPSA) is 84.2 Å². The Morgan fingerprint density at radius 3 is 2.59 bits per heavy atom. The zero-order chi connectivity index (χ0) is 16.4. The van der Waals surface area contributed by atoms with Gasteiger partial charge in [-0.3, -0.25) is 9.48 Å². The van der Waals surface area contributed by atoms with Crippen LogP contribution < -0.4 is 5.32 Å². The third-order valence-electron chi connectivity index (χ3n) is 3.55. The molecule has 0 saturated carbocycles. The van der Waals surface area contributed by atoms with E-state index in [1.807, 2.05) is 39.0 Å². The highest BCUT2D eigenvalue weighted by molar-refractivity contribution is 6.10. The van der Waals surface area contributed by atoms with Gasteiger partial charge in [-0.25, -0.2) is 4.79 Å². The lowest BCUT2D eigenvalue weighted by Gasteiger charge is -2.16. The molecule has 0 aliphatic heterocycles. The number of carboxylic acid groups (broad SMARTS) is 1. The Hall–Kier alpha value is -2.63. The maximum atomic E-state index is 12.5. The Morgan fingerprint density at radius 1 is 1.32 bits per heavy atom. The number of carbonyl (C=O) groups is 2. The molecule has 1 heterocycles. The van der Waals surface area contributed by atoms with E-state index in [0.717, 1.165) is 16.8 Å². The van der Waals surface area contributed by atoms with Gasteiger partial charge in [-0.05, 0) is 24.0 Å². The predicted molar refractivity (Wildman–Crippen MR) is 83.4 cm³/mol. The van der Waals surface area contributed by atoms with E-state index in [9.17, 15) is 9.59 Å². The number of amides is 1. The van der Waals surface area contributed by atoms with E-state index in [1.54, 1.807) is 7.05 Å². The van der Waals surface area contributed by atoms with Gasteiger partial charge >= 0.3 is 5.97 Å². The van der Waals surface area contributed by atoms with Crippen LogP contribution in [0, 0.1) is 6.92 Å². The van der Waals surface area contributed by atoms with Crippen LogP contribution in [0.15, 0.2) is 24.4 Å².